The van der Waals surface area contributed by atoms with E-state index in [0.717, 1.165) is 16.9 Å². The number of nitrogens with zero attached hydrogens (tertiary/aromatic N) is 2. The second kappa shape index (κ2) is 6.41. The average molecular weight is 311 g/mol. The maximum absolute atomic E-state index is 6.23. The summed E-state index contributed by atoms with van der Waals surface area (Å²) in [5, 5.41) is 1.16. The van der Waals surface area contributed by atoms with Gasteiger partial charge in [-0.1, -0.05) is 35.3 Å². The van der Waals surface area contributed by atoms with Gasteiger partial charge >= 0.3 is 0 Å². The molecule has 0 fully saturated rings. The SMILES string of the molecule is CN(C)c1ccc(C(NN)c2ccc(Cl)cc2Cl)cn1. The van der Waals surface area contributed by atoms with Crippen LogP contribution in [0.3, 0.4) is 0 Å². The lowest BCUT2D eigenvalue weighted by molar-refractivity contribution is 0.635. The predicted octanol–water partition coefficient (Wildman–Crippen LogP) is 3.01. The molecule has 1 aromatic carbocycles. The van der Waals surface area contributed by atoms with Crippen molar-refractivity contribution in [2.75, 3.05) is 19.0 Å². The van der Waals surface area contributed by atoms with Gasteiger partial charge in [-0.2, -0.15) is 0 Å². The molecule has 1 aromatic heterocycles. The normalized spacial score (nSPS) is 12.2. The number of rotatable bonds is 4. The summed E-state index contributed by atoms with van der Waals surface area (Å²) in [5.41, 5.74) is 4.55. The van der Waals surface area contributed by atoms with Crippen molar-refractivity contribution in [2.45, 2.75) is 6.04 Å². The van der Waals surface area contributed by atoms with Gasteiger partial charge in [0.05, 0.1) is 6.04 Å². The van der Waals surface area contributed by atoms with E-state index >= 15 is 0 Å². The van der Waals surface area contributed by atoms with Crippen LogP contribution in [-0.4, -0.2) is 19.1 Å². The Bertz CT molecular complexity index is 584. The van der Waals surface area contributed by atoms with E-state index in [4.69, 9.17) is 29.0 Å². The number of anilines is 1. The Morgan fingerprint density at radius 1 is 1.20 bits per heavy atom. The van der Waals surface area contributed by atoms with Crippen LogP contribution in [0.5, 0.6) is 0 Å². The predicted molar refractivity (Wildman–Crippen MR) is 84.2 cm³/mol. The second-order valence-corrected chi connectivity index (χ2v) is 5.45. The van der Waals surface area contributed by atoms with Crippen LogP contribution in [0.1, 0.15) is 17.2 Å². The molecule has 0 spiro atoms. The Morgan fingerprint density at radius 2 is 1.95 bits per heavy atom. The third-order valence-electron chi connectivity index (χ3n) is 3.00. The molecule has 0 aliphatic carbocycles. The van der Waals surface area contributed by atoms with Crippen molar-refractivity contribution < 1.29 is 0 Å². The van der Waals surface area contributed by atoms with Gasteiger partial charge in [0.25, 0.3) is 0 Å². The quantitative estimate of drug-likeness (QED) is 0.673. The van der Waals surface area contributed by atoms with Crippen LogP contribution in [0.2, 0.25) is 10.0 Å². The minimum absolute atomic E-state index is 0.233. The average Bonchev–Trinajstić information content (AvgIpc) is 2.42. The molecule has 106 valence electrons. The van der Waals surface area contributed by atoms with Crippen molar-refractivity contribution in [2.24, 2.45) is 5.84 Å². The van der Waals surface area contributed by atoms with Crippen molar-refractivity contribution in [3.05, 3.63) is 57.7 Å². The van der Waals surface area contributed by atoms with E-state index < -0.39 is 0 Å². The van der Waals surface area contributed by atoms with Gasteiger partial charge in [-0.25, -0.2) is 10.4 Å². The topological polar surface area (TPSA) is 54.2 Å². The summed E-state index contributed by atoms with van der Waals surface area (Å²) >= 11 is 12.1. The molecular formula is C14H16Cl2N4. The fraction of sp³-hybridized carbons (Fsp3) is 0.214. The molecule has 3 N–H and O–H groups in total. The maximum atomic E-state index is 6.23. The smallest absolute Gasteiger partial charge is 0.127 e. The number of hydrazine groups is 1. The van der Waals surface area contributed by atoms with Crippen molar-refractivity contribution in [1.82, 2.24) is 10.4 Å². The highest BCUT2D eigenvalue weighted by molar-refractivity contribution is 6.35. The number of aromatic nitrogens is 1. The molecule has 2 aromatic rings. The molecule has 1 unspecified atom stereocenters. The van der Waals surface area contributed by atoms with Crippen LogP contribution in [0.25, 0.3) is 0 Å². The number of benzene rings is 1. The lowest BCUT2D eigenvalue weighted by Gasteiger charge is -2.19. The van der Waals surface area contributed by atoms with Crippen molar-refractivity contribution >= 4 is 29.0 Å². The fourth-order valence-corrected chi connectivity index (χ4v) is 2.45. The first kappa shape index (κ1) is 15.1. The first-order chi connectivity index (χ1) is 9.52. The number of hydrogen-bond acceptors (Lipinski definition) is 4. The van der Waals surface area contributed by atoms with Gasteiger partial charge in [0.1, 0.15) is 5.82 Å². The molecule has 0 aliphatic heterocycles. The zero-order valence-electron chi connectivity index (χ0n) is 11.3. The summed E-state index contributed by atoms with van der Waals surface area (Å²) in [6, 6.07) is 9.01. The minimum Gasteiger partial charge on any atom is -0.363 e. The second-order valence-electron chi connectivity index (χ2n) is 4.61. The monoisotopic (exact) mass is 310 g/mol. The van der Waals surface area contributed by atoms with E-state index in [-0.39, 0.29) is 6.04 Å². The van der Waals surface area contributed by atoms with Gasteiger partial charge in [-0.15, -0.1) is 0 Å². The third kappa shape index (κ3) is 3.22. The van der Waals surface area contributed by atoms with E-state index in [1.807, 2.05) is 37.2 Å². The number of halogens is 2. The Labute approximate surface area is 128 Å². The van der Waals surface area contributed by atoms with Crippen molar-refractivity contribution in [1.29, 1.82) is 0 Å². The largest absolute Gasteiger partial charge is 0.363 e. The third-order valence-corrected chi connectivity index (χ3v) is 3.56. The molecule has 6 heteroatoms. The molecule has 4 nitrogen and oxygen atoms in total. The molecule has 0 saturated carbocycles. The molecule has 20 heavy (non-hydrogen) atoms. The standard InChI is InChI=1S/C14H16Cl2N4/c1-20(2)13-6-3-9(8-18-13)14(19-17)11-5-4-10(15)7-12(11)16/h3-8,14,19H,17H2,1-2H3. The lowest BCUT2D eigenvalue weighted by atomic mass is 10.0. The molecule has 0 amide bonds. The zero-order chi connectivity index (χ0) is 14.7. The van der Waals surface area contributed by atoms with Gasteiger partial charge in [0, 0.05) is 30.3 Å². The van der Waals surface area contributed by atoms with E-state index in [9.17, 15) is 0 Å². The van der Waals surface area contributed by atoms with Crippen LogP contribution in [-0.2, 0) is 0 Å². The van der Waals surface area contributed by atoms with E-state index in [0.29, 0.717) is 10.0 Å². The number of nitrogens with two attached hydrogens (primary N) is 1. The molecule has 0 saturated heterocycles. The number of hydrogen-bond donors (Lipinski definition) is 2. The Kier molecular flexibility index (Phi) is 4.83. The molecule has 1 atom stereocenters. The van der Waals surface area contributed by atoms with Crippen LogP contribution < -0.4 is 16.2 Å². The number of nitrogens with one attached hydrogen (secondary N) is 1. The van der Waals surface area contributed by atoms with Crippen LogP contribution in [0.15, 0.2) is 36.5 Å². The maximum Gasteiger partial charge on any atom is 0.127 e. The Morgan fingerprint density at radius 3 is 2.45 bits per heavy atom. The van der Waals surface area contributed by atoms with Crippen LogP contribution >= 0.6 is 23.2 Å². The van der Waals surface area contributed by atoms with Crippen molar-refractivity contribution in [3.63, 3.8) is 0 Å². The highest BCUT2D eigenvalue weighted by Gasteiger charge is 2.16. The molecule has 0 bridgehead atoms. The summed E-state index contributed by atoms with van der Waals surface area (Å²) < 4.78 is 0. The Balaban J connectivity index is 2.36. The summed E-state index contributed by atoms with van der Waals surface area (Å²) in [6.45, 7) is 0. The van der Waals surface area contributed by atoms with Gasteiger partial charge in [0.15, 0.2) is 0 Å². The van der Waals surface area contributed by atoms with Gasteiger partial charge in [-0.3, -0.25) is 5.84 Å². The van der Waals surface area contributed by atoms with Crippen LogP contribution in [0, 0.1) is 0 Å². The molecule has 1 heterocycles. The minimum atomic E-state index is -0.233. The fourth-order valence-electron chi connectivity index (χ4n) is 1.93. The highest BCUT2D eigenvalue weighted by atomic mass is 35.5. The van der Waals surface area contributed by atoms with E-state index in [1.165, 1.54) is 0 Å². The Hall–Kier alpha value is -1.33. The van der Waals surface area contributed by atoms with Crippen LogP contribution in [0.4, 0.5) is 5.82 Å². The summed E-state index contributed by atoms with van der Waals surface area (Å²) in [6.07, 6.45) is 1.78. The van der Waals surface area contributed by atoms with Gasteiger partial charge < -0.3 is 4.90 Å². The lowest BCUT2D eigenvalue weighted by Crippen LogP contribution is -2.29. The first-order valence-electron chi connectivity index (χ1n) is 6.07. The summed E-state index contributed by atoms with van der Waals surface area (Å²) in [4.78, 5) is 6.32. The molecule has 0 radical (unpaired) electrons. The molecule has 0 aliphatic rings. The first-order valence-corrected chi connectivity index (χ1v) is 6.83. The van der Waals surface area contributed by atoms with E-state index in [2.05, 4.69) is 10.4 Å². The summed E-state index contributed by atoms with van der Waals surface area (Å²) in [7, 11) is 3.88. The van der Waals surface area contributed by atoms with Gasteiger partial charge in [-0.05, 0) is 29.3 Å². The summed E-state index contributed by atoms with van der Waals surface area (Å²) in [5.74, 6) is 6.54. The van der Waals surface area contributed by atoms with E-state index in [1.54, 1.807) is 18.3 Å². The number of pyridine rings is 1. The zero-order valence-corrected chi connectivity index (χ0v) is 12.8. The molecular weight excluding hydrogens is 295 g/mol. The molecule has 2 rings (SSSR count). The van der Waals surface area contributed by atoms with Crippen molar-refractivity contribution in [3.8, 4) is 0 Å². The van der Waals surface area contributed by atoms with Gasteiger partial charge in [0.2, 0.25) is 0 Å². The highest BCUT2D eigenvalue weighted by Crippen LogP contribution is 2.30.